The van der Waals surface area contributed by atoms with Gasteiger partial charge >= 0.3 is 0 Å². The predicted octanol–water partition coefficient (Wildman–Crippen LogP) is 10.00. The summed E-state index contributed by atoms with van der Waals surface area (Å²) in [5.41, 5.74) is 9.60. The summed E-state index contributed by atoms with van der Waals surface area (Å²) in [5, 5.41) is 4.62. The summed E-state index contributed by atoms with van der Waals surface area (Å²) in [6, 6.07) is 50.7. The molecule has 8 rings (SSSR count). The Morgan fingerprint density at radius 3 is 1.86 bits per heavy atom. The summed E-state index contributed by atoms with van der Waals surface area (Å²) >= 11 is 0. The van der Waals surface area contributed by atoms with Crippen LogP contribution in [0.2, 0.25) is 0 Å². The third-order valence-corrected chi connectivity index (χ3v) is 7.91. The first-order chi connectivity index (χ1) is 20.8. The normalized spacial score (nSPS) is 11.3. The van der Waals surface area contributed by atoms with Crippen LogP contribution in [0.15, 0.2) is 152 Å². The molecule has 0 aliphatic carbocycles. The summed E-state index contributed by atoms with van der Waals surface area (Å²) in [7, 11) is 0. The van der Waals surface area contributed by atoms with Crippen LogP contribution in [0.1, 0.15) is 0 Å². The maximum atomic E-state index is 5.02. The number of aromatic nitrogens is 3. The van der Waals surface area contributed by atoms with E-state index in [1.165, 1.54) is 16.3 Å². The highest BCUT2D eigenvalue weighted by Gasteiger charge is 2.12. The zero-order chi connectivity index (χ0) is 27.9. The highest BCUT2D eigenvalue weighted by Crippen LogP contribution is 2.33. The van der Waals surface area contributed by atoms with Gasteiger partial charge in [-0.05, 0) is 45.8 Å². The van der Waals surface area contributed by atoms with Gasteiger partial charge in [0.15, 0.2) is 5.82 Å². The fraction of sp³-hybridized carbons (Fsp3) is 0. The topological polar surface area (TPSA) is 38.7 Å². The molecule has 3 nitrogen and oxygen atoms in total. The molecule has 0 aliphatic heterocycles. The standard InChI is InChI=1S/C39H25N3/c1-2-9-27(10-3-1)38-35-15-6-7-16-36(35)41-39(42-38)28-19-17-26(18-20-28)29-12-8-13-30(23-29)31-21-22-34-33-14-5-4-11-32(33)25-40-37(34)24-31/h1-25H. The van der Waals surface area contributed by atoms with E-state index in [0.717, 1.165) is 61.1 Å². The van der Waals surface area contributed by atoms with Gasteiger partial charge in [-0.25, -0.2) is 9.97 Å². The minimum Gasteiger partial charge on any atom is -0.256 e. The summed E-state index contributed by atoms with van der Waals surface area (Å²) < 4.78 is 0. The van der Waals surface area contributed by atoms with Gasteiger partial charge in [0.1, 0.15) is 0 Å². The molecule has 196 valence electrons. The molecular weight excluding hydrogens is 510 g/mol. The van der Waals surface area contributed by atoms with Crippen LogP contribution in [0.3, 0.4) is 0 Å². The number of hydrogen-bond donors (Lipinski definition) is 0. The van der Waals surface area contributed by atoms with Crippen LogP contribution in [-0.2, 0) is 0 Å². The molecule has 6 aromatic carbocycles. The molecule has 0 fully saturated rings. The Morgan fingerprint density at radius 1 is 0.357 bits per heavy atom. The van der Waals surface area contributed by atoms with Crippen LogP contribution >= 0.6 is 0 Å². The molecule has 8 aromatic rings. The number of pyridine rings is 1. The second-order valence-electron chi connectivity index (χ2n) is 10.5. The van der Waals surface area contributed by atoms with E-state index in [4.69, 9.17) is 15.0 Å². The van der Waals surface area contributed by atoms with Gasteiger partial charge in [-0.1, -0.05) is 127 Å². The number of benzene rings is 6. The van der Waals surface area contributed by atoms with E-state index in [9.17, 15) is 0 Å². The minimum absolute atomic E-state index is 0.726. The van der Waals surface area contributed by atoms with E-state index >= 15 is 0 Å². The van der Waals surface area contributed by atoms with Crippen molar-refractivity contribution in [2.45, 2.75) is 0 Å². The number of nitrogens with zero attached hydrogens (tertiary/aromatic N) is 3. The Hall–Kier alpha value is -5.67. The Morgan fingerprint density at radius 2 is 1.00 bits per heavy atom. The molecule has 0 aliphatic rings. The van der Waals surface area contributed by atoms with E-state index in [1.54, 1.807) is 0 Å². The summed E-state index contributed by atoms with van der Waals surface area (Å²) in [6.45, 7) is 0. The molecular formula is C39H25N3. The molecule has 3 heteroatoms. The SMILES string of the molecule is c1ccc(-c2nc(-c3ccc(-c4cccc(-c5ccc6c(c5)ncc5ccccc56)c4)cc3)nc3ccccc23)cc1. The van der Waals surface area contributed by atoms with E-state index in [1.807, 2.05) is 36.5 Å². The molecule has 0 spiro atoms. The van der Waals surface area contributed by atoms with Crippen LogP contribution in [0.5, 0.6) is 0 Å². The first-order valence-corrected chi connectivity index (χ1v) is 14.1. The largest absolute Gasteiger partial charge is 0.256 e. The molecule has 0 saturated carbocycles. The maximum Gasteiger partial charge on any atom is 0.160 e. The average molecular weight is 536 g/mol. The van der Waals surface area contributed by atoms with Crippen molar-refractivity contribution in [1.82, 2.24) is 15.0 Å². The van der Waals surface area contributed by atoms with Crippen molar-refractivity contribution >= 4 is 32.6 Å². The van der Waals surface area contributed by atoms with Crippen LogP contribution in [0.25, 0.3) is 77.5 Å². The summed E-state index contributed by atoms with van der Waals surface area (Å²) in [4.78, 5) is 14.7. The lowest BCUT2D eigenvalue weighted by Gasteiger charge is -2.11. The lowest BCUT2D eigenvalue weighted by atomic mass is 9.97. The molecule has 0 amide bonds. The molecule has 2 aromatic heterocycles. The van der Waals surface area contributed by atoms with Gasteiger partial charge in [0, 0.05) is 33.5 Å². The summed E-state index contributed by atoms with van der Waals surface area (Å²) in [6.07, 6.45) is 1.96. The fourth-order valence-corrected chi connectivity index (χ4v) is 5.75. The van der Waals surface area contributed by atoms with Crippen LogP contribution < -0.4 is 0 Å². The molecule has 0 radical (unpaired) electrons. The quantitative estimate of drug-likeness (QED) is 0.211. The third-order valence-electron chi connectivity index (χ3n) is 7.91. The zero-order valence-electron chi connectivity index (χ0n) is 22.8. The lowest BCUT2D eigenvalue weighted by Crippen LogP contribution is -1.95. The molecule has 0 unspecified atom stereocenters. The predicted molar refractivity (Wildman–Crippen MR) is 174 cm³/mol. The number of fused-ring (bicyclic) bond motifs is 4. The first kappa shape index (κ1) is 24.2. The van der Waals surface area contributed by atoms with Crippen LogP contribution in [-0.4, -0.2) is 15.0 Å². The van der Waals surface area contributed by atoms with Gasteiger partial charge < -0.3 is 0 Å². The molecule has 0 saturated heterocycles. The van der Waals surface area contributed by atoms with Crippen LogP contribution in [0, 0.1) is 0 Å². The van der Waals surface area contributed by atoms with Crippen molar-refractivity contribution < 1.29 is 0 Å². The van der Waals surface area contributed by atoms with E-state index < -0.39 is 0 Å². The van der Waals surface area contributed by atoms with Gasteiger partial charge in [0.25, 0.3) is 0 Å². The van der Waals surface area contributed by atoms with Crippen molar-refractivity contribution in [2.24, 2.45) is 0 Å². The maximum absolute atomic E-state index is 5.02. The van der Waals surface area contributed by atoms with Gasteiger partial charge in [0.05, 0.1) is 16.7 Å². The van der Waals surface area contributed by atoms with Gasteiger partial charge in [-0.2, -0.15) is 0 Å². The van der Waals surface area contributed by atoms with E-state index in [-0.39, 0.29) is 0 Å². The van der Waals surface area contributed by atoms with E-state index in [2.05, 4.69) is 115 Å². The van der Waals surface area contributed by atoms with Crippen molar-refractivity contribution in [3.8, 4) is 44.9 Å². The van der Waals surface area contributed by atoms with Crippen molar-refractivity contribution in [1.29, 1.82) is 0 Å². The number of hydrogen-bond acceptors (Lipinski definition) is 3. The van der Waals surface area contributed by atoms with Gasteiger partial charge in [-0.15, -0.1) is 0 Å². The monoisotopic (exact) mass is 535 g/mol. The average Bonchev–Trinajstić information content (AvgIpc) is 3.08. The van der Waals surface area contributed by atoms with Gasteiger partial charge in [-0.3, -0.25) is 4.98 Å². The van der Waals surface area contributed by atoms with Crippen molar-refractivity contribution in [2.75, 3.05) is 0 Å². The second-order valence-corrected chi connectivity index (χ2v) is 10.5. The molecule has 2 heterocycles. The zero-order valence-corrected chi connectivity index (χ0v) is 22.8. The van der Waals surface area contributed by atoms with Crippen molar-refractivity contribution in [3.63, 3.8) is 0 Å². The number of rotatable bonds is 4. The van der Waals surface area contributed by atoms with Crippen molar-refractivity contribution in [3.05, 3.63) is 152 Å². The van der Waals surface area contributed by atoms with Gasteiger partial charge in [0.2, 0.25) is 0 Å². The fourth-order valence-electron chi connectivity index (χ4n) is 5.75. The summed E-state index contributed by atoms with van der Waals surface area (Å²) in [5.74, 6) is 0.726. The smallest absolute Gasteiger partial charge is 0.160 e. The minimum atomic E-state index is 0.726. The Bertz CT molecular complexity index is 2240. The van der Waals surface area contributed by atoms with E-state index in [0.29, 0.717) is 0 Å². The molecule has 0 bridgehead atoms. The second kappa shape index (κ2) is 10.1. The highest BCUT2D eigenvalue weighted by molar-refractivity contribution is 6.06. The highest BCUT2D eigenvalue weighted by atomic mass is 14.9. The number of para-hydroxylation sites is 1. The molecule has 42 heavy (non-hydrogen) atoms. The Kier molecular flexibility index (Phi) is 5.79. The molecule has 0 atom stereocenters. The Labute approximate surface area is 243 Å². The van der Waals surface area contributed by atoms with Crippen LogP contribution in [0.4, 0.5) is 0 Å². The lowest BCUT2D eigenvalue weighted by molar-refractivity contribution is 1.23. The first-order valence-electron chi connectivity index (χ1n) is 14.1. The molecule has 0 N–H and O–H groups in total. The Balaban J connectivity index is 1.14. The third kappa shape index (κ3) is 4.29.